The van der Waals surface area contributed by atoms with E-state index in [9.17, 15) is 0 Å². The number of nitrogens with two attached hydrogens (primary N) is 1. The molecule has 98 valence electrons. The summed E-state index contributed by atoms with van der Waals surface area (Å²) in [6.07, 6.45) is 3.68. The topological polar surface area (TPSA) is 59.5 Å². The molecule has 0 aromatic carbocycles. The quantitative estimate of drug-likeness (QED) is 0.872. The molecule has 2 heterocycles. The molecule has 5 nitrogen and oxygen atoms in total. The van der Waals surface area contributed by atoms with E-state index in [1.165, 1.54) is 0 Å². The van der Waals surface area contributed by atoms with Crippen LogP contribution < -0.4 is 10.6 Å². The molecule has 2 aromatic rings. The third-order valence-corrected chi connectivity index (χ3v) is 3.06. The maximum Gasteiger partial charge on any atom is 0.154 e. The van der Waals surface area contributed by atoms with Crippen molar-refractivity contribution in [3.05, 3.63) is 24.2 Å². The Kier molecular flexibility index (Phi) is 3.81. The molecule has 0 saturated heterocycles. The molecule has 0 radical (unpaired) electrons. The van der Waals surface area contributed by atoms with Crippen molar-refractivity contribution < 1.29 is 0 Å². The molecule has 5 heteroatoms. The predicted molar refractivity (Wildman–Crippen MR) is 74.0 cm³/mol. The lowest BCUT2D eigenvalue weighted by Crippen LogP contribution is -2.30. The van der Waals surface area contributed by atoms with E-state index >= 15 is 0 Å². The summed E-state index contributed by atoms with van der Waals surface area (Å²) in [7, 11) is 0. The summed E-state index contributed by atoms with van der Waals surface area (Å²) in [5.74, 6) is 1.38. The van der Waals surface area contributed by atoms with Crippen LogP contribution in [-0.2, 0) is 0 Å². The minimum Gasteiger partial charge on any atom is -0.354 e. The fourth-order valence-corrected chi connectivity index (χ4v) is 2.02. The molecule has 0 aliphatic rings. The van der Waals surface area contributed by atoms with Crippen molar-refractivity contribution in [2.45, 2.75) is 26.7 Å². The number of anilines is 1. The van der Waals surface area contributed by atoms with E-state index < -0.39 is 0 Å². The van der Waals surface area contributed by atoms with Crippen LogP contribution in [0.25, 0.3) is 5.52 Å². The van der Waals surface area contributed by atoms with Crippen LogP contribution in [0.3, 0.4) is 0 Å². The molecule has 18 heavy (non-hydrogen) atoms. The Morgan fingerprint density at radius 2 is 2.22 bits per heavy atom. The maximum absolute atomic E-state index is 5.65. The van der Waals surface area contributed by atoms with Gasteiger partial charge in [0.15, 0.2) is 5.82 Å². The fraction of sp³-hybridized carbons (Fsp3) is 0.538. The van der Waals surface area contributed by atoms with Gasteiger partial charge >= 0.3 is 0 Å². The van der Waals surface area contributed by atoms with Crippen LogP contribution in [0.5, 0.6) is 0 Å². The molecule has 0 bridgehead atoms. The third kappa shape index (κ3) is 2.31. The molecule has 0 amide bonds. The number of likely N-dealkylation sites (N-methyl/N-ethyl adjacent to an activating group) is 1. The van der Waals surface area contributed by atoms with Gasteiger partial charge in [0.2, 0.25) is 0 Å². The van der Waals surface area contributed by atoms with Gasteiger partial charge in [0.05, 0.1) is 5.69 Å². The summed E-state index contributed by atoms with van der Waals surface area (Å²) >= 11 is 0. The number of fused-ring (bicyclic) bond motifs is 1. The molecule has 2 N–H and O–H groups in total. The molecular formula is C13H21N5. The average molecular weight is 247 g/mol. The van der Waals surface area contributed by atoms with Gasteiger partial charge in [-0.3, -0.25) is 0 Å². The highest BCUT2D eigenvalue weighted by Gasteiger charge is 2.13. The van der Waals surface area contributed by atoms with Crippen LogP contribution in [0, 0.1) is 0 Å². The number of hydrogen-bond donors (Lipinski definition) is 1. The van der Waals surface area contributed by atoms with Crippen LogP contribution in [0.4, 0.5) is 5.82 Å². The molecule has 0 unspecified atom stereocenters. The van der Waals surface area contributed by atoms with Gasteiger partial charge in [-0.15, -0.1) is 0 Å². The second-order valence-corrected chi connectivity index (χ2v) is 4.67. The summed E-state index contributed by atoms with van der Waals surface area (Å²) in [5, 5.41) is 4.57. The highest BCUT2D eigenvalue weighted by molar-refractivity contribution is 5.69. The van der Waals surface area contributed by atoms with E-state index in [0.717, 1.165) is 30.1 Å². The Morgan fingerprint density at radius 1 is 1.44 bits per heavy atom. The highest BCUT2D eigenvalue weighted by atomic mass is 15.3. The Morgan fingerprint density at radius 3 is 2.83 bits per heavy atom. The molecule has 2 rings (SSSR count). The van der Waals surface area contributed by atoms with Crippen molar-refractivity contribution in [2.24, 2.45) is 5.73 Å². The monoisotopic (exact) mass is 247 g/mol. The van der Waals surface area contributed by atoms with E-state index in [-0.39, 0.29) is 0 Å². The molecule has 0 fully saturated rings. The second kappa shape index (κ2) is 5.35. The van der Waals surface area contributed by atoms with Crippen molar-refractivity contribution in [1.82, 2.24) is 14.6 Å². The first kappa shape index (κ1) is 12.8. The molecule has 2 aromatic heterocycles. The Labute approximate surface area is 108 Å². The highest BCUT2D eigenvalue weighted by Crippen LogP contribution is 2.22. The molecule has 0 saturated carbocycles. The van der Waals surface area contributed by atoms with Crippen molar-refractivity contribution in [1.29, 1.82) is 0 Å². The Balaban J connectivity index is 2.49. The van der Waals surface area contributed by atoms with Crippen molar-refractivity contribution in [3.8, 4) is 0 Å². The zero-order valence-electron chi connectivity index (χ0n) is 11.3. The number of hydrogen-bond acceptors (Lipinski definition) is 4. The van der Waals surface area contributed by atoms with Crippen LogP contribution >= 0.6 is 0 Å². The first-order valence-electron chi connectivity index (χ1n) is 6.46. The van der Waals surface area contributed by atoms with Crippen LogP contribution in [0.2, 0.25) is 0 Å². The second-order valence-electron chi connectivity index (χ2n) is 4.67. The molecular weight excluding hydrogens is 226 g/mol. The van der Waals surface area contributed by atoms with Gasteiger partial charge in [0.25, 0.3) is 0 Å². The van der Waals surface area contributed by atoms with Crippen LogP contribution in [-0.4, -0.2) is 34.2 Å². The van der Waals surface area contributed by atoms with E-state index in [1.807, 2.05) is 10.7 Å². The number of aromatic nitrogens is 3. The first-order valence-corrected chi connectivity index (χ1v) is 6.46. The van der Waals surface area contributed by atoms with Crippen molar-refractivity contribution >= 4 is 11.3 Å². The van der Waals surface area contributed by atoms with E-state index in [0.29, 0.717) is 12.5 Å². The van der Waals surface area contributed by atoms with Gasteiger partial charge in [0, 0.05) is 32.0 Å². The molecule has 0 spiro atoms. The average Bonchev–Trinajstić information content (AvgIpc) is 2.80. The minimum absolute atomic E-state index is 0.419. The Bertz CT molecular complexity index is 517. The van der Waals surface area contributed by atoms with E-state index in [4.69, 9.17) is 5.73 Å². The lowest BCUT2D eigenvalue weighted by molar-refractivity contribution is 0.778. The van der Waals surface area contributed by atoms with E-state index in [2.05, 4.69) is 41.8 Å². The van der Waals surface area contributed by atoms with Crippen LogP contribution in [0.1, 0.15) is 32.4 Å². The zero-order chi connectivity index (χ0) is 13.1. The normalized spacial score (nSPS) is 11.4. The fourth-order valence-electron chi connectivity index (χ4n) is 2.02. The summed E-state index contributed by atoms with van der Waals surface area (Å²) in [6, 6.07) is 2.12. The zero-order valence-corrected chi connectivity index (χ0v) is 11.3. The summed E-state index contributed by atoms with van der Waals surface area (Å²) in [5.41, 5.74) is 7.79. The lowest BCUT2D eigenvalue weighted by Gasteiger charge is -2.21. The smallest absolute Gasteiger partial charge is 0.154 e. The van der Waals surface area contributed by atoms with Crippen molar-refractivity contribution in [3.63, 3.8) is 0 Å². The molecule has 0 aliphatic carbocycles. The van der Waals surface area contributed by atoms with Gasteiger partial charge in [-0.05, 0) is 18.9 Å². The number of nitrogens with zero attached hydrogens (tertiary/aromatic N) is 4. The molecule has 0 atom stereocenters. The Hall–Kier alpha value is -1.62. The summed E-state index contributed by atoms with van der Waals surface area (Å²) < 4.78 is 1.90. The summed E-state index contributed by atoms with van der Waals surface area (Å²) in [6.45, 7) is 8.73. The van der Waals surface area contributed by atoms with Gasteiger partial charge < -0.3 is 10.6 Å². The minimum atomic E-state index is 0.419. The largest absolute Gasteiger partial charge is 0.354 e. The first-order chi connectivity index (χ1) is 8.67. The summed E-state index contributed by atoms with van der Waals surface area (Å²) in [4.78, 5) is 6.66. The standard InChI is InChI=1S/C13H21N5/c1-4-17(7-5-14)13-12-9-11(10(2)3)16-18(12)8-6-15-13/h6,8-10H,4-5,7,14H2,1-3H3. The van der Waals surface area contributed by atoms with Gasteiger partial charge in [-0.25, -0.2) is 9.50 Å². The lowest BCUT2D eigenvalue weighted by atomic mass is 10.1. The molecule has 0 aliphatic heterocycles. The van der Waals surface area contributed by atoms with Gasteiger partial charge in [-0.1, -0.05) is 13.8 Å². The van der Waals surface area contributed by atoms with Crippen molar-refractivity contribution in [2.75, 3.05) is 24.5 Å². The maximum atomic E-state index is 5.65. The predicted octanol–water partition coefficient (Wildman–Crippen LogP) is 1.64. The third-order valence-electron chi connectivity index (χ3n) is 3.06. The van der Waals surface area contributed by atoms with Gasteiger partial charge in [-0.2, -0.15) is 5.10 Å². The number of rotatable bonds is 5. The van der Waals surface area contributed by atoms with Crippen LogP contribution in [0.15, 0.2) is 18.5 Å². The van der Waals surface area contributed by atoms with E-state index in [1.54, 1.807) is 6.20 Å². The van der Waals surface area contributed by atoms with Gasteiger partial charge in [0.1, 0.15) is 5.52 Å². The SMILES string of the molecule is CCN(CCN)c1nccn2nc(C(C)C)cc12.